The first-order chi connectivity index (χ1) is 9.09. The van der Waals surface area contributed by atoms with Gasteiger partial charge < -0.3 is 11.1 Å². The van der Waals surface area contributed by atoms with Gasteiger partial charge in [0, 0.05) is 18.0 Å². The standard InChI is InChI=1S/C13H12N4OS/c1-8-3-2-4-10(11(8)12(14)19)17-13(18)9-5-15-7-16-6-9/h2-7H,1H3,(H2,14,19)(H,17,18). The van der Waals surface area contributed by atoms with Crippen molar-refractivity contribution in [3.05, 3.63) is 53.6 Å². The van der Waals surface area contributed by atoms with Crippen molar-refractivity contribution in [3.63, 3.8) is 0 Å². The number of amides is 1. The van der Waals surface area contributed by atoms with Crippen molar-refractivity contribution < 1.29 is 4.79 Å². The van der Waals surface area contributed by atoms with E-state index in [1.807, 2.05) is 19.1 Å². The number of thiocarbonyl (C=S) groups is 1. The molecule has 0 aliphatic heterocycles. The Morgan fingerprint density at radius 3 is 2.63 bits per heavy atom. The van der Waals surface area contributed by atoms with E-state index < -0.39 is 0 Å². The van der Waals surface area contributed by atoms with Gasteiger partial charge in [0.05, 0.1) is 11.3 Å². The third-order valence-electron chi connectivity index (χ3n) is 2.59. The summed E-state index contributed by atoms with van der Waals surface area (Å²) in [6.45, 7) is 1.88. The Bertz CT molecular complexity index is 628. The number of carbonyl (C=O) groups is 1. The number of benzene rings is 1. The topological polar surface area (TPSA) is 80.9 Å². The van der Waals surface area contributed by atoms with E-state index in [2.05, 4.69) is 15.3 Å². The molecule has 5 nitrogen and oxygen atoms in total. The minimum Gasteiger partial charge on any atom is -0.389 e. The lowest BCUT2D eigenvalue weighted by atomic mass is 10.1. The molecule has 0 bridgehead atoms. The van der Waals surface area contributed by atoms with Crippen molar-refractivity contribution in [1.82, 2.24) is 9.97 Å². The van der Waals surface area contributed by atoms with Crippen LogP contribution in [0.25, 0.3) is 0 Å². The molecule has 0 spiro atoms. The van der Waals surface area contributed by atoms with E-state index in [1.165, 1.54) is 18.7 Å². The van der Waals surface area contributed by atoms with Crippen LogP contribution in [0, 0.1) is 6.92 Å². The van der Waals surface area contributed by atoms with Crippen molar-refractivity contribution in [2.75, 3.05) is 5.32 Å². The lowest BCUT2D eigenvalue weighted by Crippen LogP contribution is -2.19. The van der Waals surface area contributed by atoms with E-state index in [0.717, 1.165) is 5.56 Å². The fourth-order valence-electron chi connectivity index (χ4n) is 1.71. The van der Waals surface area contributed by atoms with Crippen molar-refractivity contribution in [2.45, 2.75) is 6.92 Å². The molecule has 19 heavy (non-hydrogen) atoms. The average molecular weight is 272 g/mol. The highest BCUT2D eigenvalue weighted by atomic mass is 32.1. The quantitative estimate of drug-likeness (QED) is 0.831. The molecule has 0 saturated carbocycles. The lowest BCUT2D eigenvalue weighted by Gasteiger charge is -2.12. The summed E-state index contributed by atoms with van der Waals surface area (Å²) < 4.78 is 0. The molecule has 3 N–H and O–H groups in total. The second-order valence-corrected chi connectivity index (χ2v) is 4.38. The summed E-state index contributed by atoms with van der Waals surface area (Å²) in [4.78, 5) is 19.9. The van der Waals surface area contributed by atoms with E-state index in [0.29, 0.717) is 16.8 Å². The average Bonchev–Trinajstić information content (AvgIpc) is 2.39. The molecule has 0 aliphatic rings. The van der Waals surface area contributed by atoms with E-state index in [4.69, 9.17) is 18.0 Å². The lowest BCUT2D eigenvalue weighted by molar-refractivity contribution is 0.102. The molecule has 1 aromatic heterocycles. The molecule has 0 radical (unpaired) electrons. The molecule has 1 aromatic carbocycles. The third kappa shape index (κ3) is 2.92. The molecule has 6 heteroatoms. The minimum absolute atomic E-state index is 0.248. The van der Waals surface area contributed by atoms with Gasteiger partial charge in [-0.2, -0.15) is 0 Å². The van der Waals surface area contributed by atoms with Crippen LogP contribution in [-0.2, 0) is 0 Å². The molecule has 2 rings (SSSR count). The predicted octanol–water partition coefficient (Wildman–Crippen LogP) is 1.67. The van der Waals surface area contributed by atoms with E-state index >= 15 is 0 Å². The number of carbonyl (C=O) groups excluding carboxylic acids is 1. The zero-order valence-electron chi connectivity index (χ0n) is 10.3. The van der Waals surface area contributed by atoms with Gasteiger partial charge in [0.15, 0.2) is 0 Å². The number of nitrogens with one attached hydrogen (secondary N) is 1. The van der Waals surface area contributed by atoms with Gasteiger partial charge in [0.1, 0.15) is 11.3 Å². The van der Waals surface area contributed by atoms with Gasteiger partial charge in [-0.25, -0.2) is 9.97 Å². The third-order valence-corrected chi connectivity index (χ3v) is 2.79. The predicted molar refractivity (Wildman–Crippen MR) is 77.1 cm³/mol. The first-order valence-electron chi connectivity index (χ1n) is 5.55. The molecule has 0 saturated heterocycles. The summed E-state index contributed by atoms with van der Waals surface area (Å²) in [6, 6.07) is 5.47. The van der Waals surface area contributed by atoms with Crippen molar-refractivity contribution in [1.29, 1.82) is 0 Å². The van der Waals surface area contributed by atoms with Crippen LogP contribution in [0.1, 0.15) is 21.5 Å². The fourth-order valence-corrected chi connectivity index (χ4v) is 1.98. The van der Waals surface area contributed by atoms with Gasteiger partial charge in [-0.15, -0.1) is 0 Å². The van der Waals surface area contributed by atoms with Gasteiger partial charge in [-0.1, -0.05) is 24.4 Å². The van der Waals surface area contributed by atoms with Gasteiger partial charge in [0.2, 0.25) is 0 Å². The van der Waals surface area contributed by atoms with Crippen LogP contribution in [0.2, 0.25) is 0 Å². The Morgan fingerprint density at radius 1 is 1.32 bits per heavy atom. The second-order valence-electron chi connectivity index (χ2n) is 3.94. The molecular formula is C13H12N4OS. The zero-order valence-corrected chi connectivity index (χ0v) is 11.1. The monoisotopic (exact) mass is 272 g/mol. The first-order valence-corrected chi connectivity index (χ1v) is 5.96. The molecule has 96 valence electrons. The smallest absolute Gasteiger partial charge is 0.258 e. The van der Waals surface area contributed by atoms with Gasteiger partial charge in [-0.3, -0.25) is 4.79 Å². The maximum absolute atomic E-state index is 12.0. The summed E-state index contributed by atoms with van der Waals surface area (Å²) in [6.07, 6.45) is 4.25. The van der Waals surface area contributed by atoms with Gasteiger partial charge >= 0.3 is 0 Å². The maximum atomic E-state index is 12.0. The Morgan fingerprint density at radius 2 is 2.00 bits per heavy atom. The van der Waals surface area contributed by atoms with E-state index in [9.17, 15) is 4.79 Å². The van der Waals surface area contributed by atoms with E-state index in [-0.39, 0.29) is 10.9 Å². The summed E-state index contributed by atoms with van der Waals surface area (Å²) in [5.41, 5.74) is 8.22. The molecule has 0 fully saturated rings. The summed E-state index contributed by atoms with van der Waals surface area (Å²) >= 11 is 5.01. The van der Waals surface area contributed by atoms with E-state index in [1.54, 1.807) is 6.07 Å². The largest absolute Gasteiger partial charge is 0.389 e. The Kier molecular flexibility index (Phi) is 3.82. The number of rotatable bonds is 3. The summed E-state index contributed by atoms with van der Waals surface area (Å²) in [5, 5.41) is 2.76. The minimum atomic E-state index is -0.302. The Labute approximate surface area is 115 Å². The Hall–Kier alpha value is -2.34. The molecule has 0 unspecified atom stereocenters. The SMILES string of the molecule is Cc1cccc(NC(=O)c2cncnc2)c1C(N)=S. The second kappa shape index (κ2) is 5.53. The number of nitrogens with zero attached hydrogens (tertiary/aromatic N) is 2. The van der Waals surface area contributed by atoms with Crippen molar-refractivity contribution >= 4 is 28.8 Å². The van der Waals surface area contributed by atoms with Crippen molar-refractivity contribution in [3.8, 4) is 0 Å². The molecule has 1 amide bonds. The number of anilines is 1. The van der Waals surface area contributed by atoms with Crippen molar-refractivity contribution in [2.24, 2.45) is 5.73 Å². The van der Waals surface area contributed by atoms with Crippen LogP contribution in [0.3, 0.4) is 0 Å². The number of aromatic nitrogens is 2. The number of hydrogen-bond acceptors (Lipinski definition) is 4. The molecular weight excluding hydrogens is 260 g/mol. The highest BCUT2D eigenvalue weighted by molar-refractivity contribution is 7.80. The molecule has 2 aromatic rings. The van der Waals surface area contributed by atoms with Crippen LogP contribution in [0.15, 0.2) is 36.9 Å². The number of nitrogens with two attached hydrogens (primary N) is 1. The maximum Gasteiger partial charge on any atom is 0.258 e. The zero-order chi connectivity index (χ0) is 13.8. The normalized spacial score (nSPS) is 9.95. The van der Waals surface area contributed by atoms with Crippen LogP contribution in [0.4, 0.5) is 5.69 Å². The number of hydrogen-bond donors (Lipinski definition) is 2. The molecule has 1 heterocycles. The van der Waals surface area contributed by atoms with Gasteiger partial charge in [-0.05, 0) is 18.6 Å². The van der Waals surface area contributed by atoms with Crippen LogP contribution in [-0.4, -0.2) is 20.9 Å². The fraction of sp³-hybridized carbons (Fsp3) is 0.0769. The highest BCUT2D eigenvalue weighted by Gasteiger charge is 2.12. The van der Waals surface area contributed by atoms with Crippen LogP contribution < -0.4 is 11.1 Å². The summed E-state index contributed by atoms with van der Waals surface area (Å²) in [5.74, 6) is -0.302. The van der Waals surface area contributed by atoms with Crippen LogP contribution in [0.5, 0.6) is 0 Å². The summed E-state index contributed by atoms with van der Waals surface area (Å²) in [7, 11) is 0. The van der Waals surface area contributed by atoms with Crippen LogP contribution >= 0.6 is 12.2 Å². The molecule has 0 aliphatic carbocycles. The Balaban J connectivity index is 2.32. The number of aryl methyl sites for hydroxylation is 1. The first kappa shape index (κ1) is 13.1. The highest BCUT2D eigenvalue weighted by Crippen LogP contribution is 2.20. The van der Waals surface area contributed by atoms with Gasteiger partial charge in [0.25, 0.3) is 5.91 Å². The molecule has 0 atom stereocenters.